The van der Waals surface area contributed by atoms with Crippen LogP contribution in [-0.2, 0) is 6.54 Å². The number of amides is 1. The molecule has 1 amide bonds. The average Bonchev–Trinajstić information content (AvgIpc) is 3.15. The third-order valence-corrected chi connectivity index (χ3v) is 5.17. The minimum atomic E-state index is 0.0729. The molecule has 0 aliphatic carbocycles. The fourth-order valence-corrected chi connectivity index (χ4v) is 3.61. The molecule has 26 heavy (non-hydrogen) atoms. The molecule has 0 bridgehead atoms. The number of likely N-dealkylation sites (tertiary alicyclic amines) is 1. The smallest absolute Gasteiger partial charge is 0.254 e. The Balaban J connectivity index is 1.62. The number of hydrogen-bond acceptors (Lipinski definition) is 4. The quantitative estimate of drug-likeness (QED) is 0.729. The molecule has 1 saturated heterocycles. The van der Waals surface area contributed by atoms with E-state index in [1.54, 1.807) is 6.20 Å². The minimum absolute atomic E-state index is 0.0729. The van der Waals surface area contributed by atoms with Crippen molar-refractivity contribution in [3.8, 4) is 0 Å². The van der Waals surface area contributed by atoms with Crippen molar-refractivity contribution < 1.29 is 4.79 Å². The van der Waals surface area contributed by atoms with E-state index in [4.69, 9.17) is 0 Å². The first-order valence-electron chi connectivity index (χ1n) is 9.15. The summed E-state index contributed by atoms with van der Waals surface area (Å²) in [5.74, 6) is 0.0729. The Labute approximate surface area is 152 Å². The number of piperidine rings is 1. The van der Waals surface area contributed by atoms with Gasteiger partial charge in [-0.05, 0) is 57.4 Å². The summed E-state index contributed by atoms with van der Waals surface area (Å²) in [5, 5.41) is 4.30. The van der Waals surface area contributed by atoms with Gasteiger partial charge in [0.25, 0.3) is 5.91 Å². The zero-order valence-corrected chi connectivity index (χ0v) is 15.2. The molecule has 1 aliphatic heterocycles. The van der Waals surface area contributed by atoms with Crippen LogP contribution in [0.1, 0.15) is 41.0 Å². The van der Waals surface area contributed by atoms with E-state index >= 15 is 0 Å². The van der Waals surface area contributed by atoms with Gasteiger partial charge in [-0.25, -0.2) is 9.97 Å². The number of hydrogen-bond donors (Lipinski definition) is 0. The van der Waals surface area contributed by atoms with E-state index < -0.39 is 0 Å². The van der Waals surface area contributed by atoms with Crippen LogP contribution >= 0.6 is 0 Å². The van der Waals surface area contributed by atoms with Crippen LogP contribution in [0.3, 0.4) is 0 Å². The lowest BCUT2D eigenvalue weighted by Crippen LogP contribution is -2.45. The van der Waals surface area contributed by atoms with Gasteiger partial charge in [0.1, 0.15) is 0 Å². The van der Waals surface area contributed by atoms with Gasteiger partial charge in [-0.1, -0.05) is 0 Å². The first-order chi connectivity index (χ1) is 12.6. The Morgan fingerprint density at radius 1 is 1.15 bits per heavy atom. The number of fused-ring (bicyclic) bond motifs is 1. The zero-order valence-electron chi connectivity index (χ0n) is 15.2. The Morgan fingerprint density at radius 2 is 1.96 bits per heavy atom. The van der Waals surface area contributed by atoms with E-state index in [9.17, 15) is 4.79 Å². The fourth-order valence-electron chi connectivity index (χ4n) is 3.61. The molecule has 6 nitrogen and oxygen atoms in total. The first kappa shape index (κ1) is 16.7. The SMILES string of the molecule is Cc1nc2ccc(C(=O)N3CCCC[C@@H]3Cn3cccn3)cc2nc1C. The molecule has 0 saturated carbocycles. The highest BCUT2D eigenvalue weighted by molar-refractivity contribution is 5.97. The predicted octanol–water partition coefficient (Wildman–Crippen LogP) is 3.14. The van der Waals surface area contributed by atoms with Crippen molar-refractivity contribution in [2.75, 3.05) is 6.54 Å². The molecular formula is C20H23N5O. The standard InChI is InChI=1S/C20H23N5O/c1-14-15(2)23-19-12-16(7-8-18(19)22-14)20(26)25-11-4-3-6-17(25)13-24-10-5-9-21-24/h5,7-10,12,17H,3-4,6,11,13H2,1-2H3/t17-/m1/s1. The topological polar surface area (TPSA) is 63.9 Å². The molecule has 3 aromatic rings. The van der Waals surface area contributed by atoms with Gasteiger partial charge in [-0.15, -0.1) is 0 Å². The monoisotopic (exact) mass is 349 g/mol. The molecule has 3 heterocycles. The van der Waals surface area contributed by atoms with Gasteiger partial charge < -0.3 is 4.90 Å². The van der Waals surface area contributed by atoms with Crippen LogP contribution in [0.5, 0.6) is 0 Å². The predicted molar refractivity (Wildman–Crippen MR) is 99.9 cm³/mol. The van der Waals surface area contributed by atoms with Crippen LogP contribution < -0.4 is 0 Å². The van der Waals surface area contributed by atoms with Crippen LogP contribution in [0.2, 0.25) is 0 Å². The van der Waals surface area contributed by atoms with Crippen molar-refractivity contribution in [2.24, 2.45) is 0 Å². The maximum atomic E-state index is 13.2. The van der Waals surface area contributed by atoms with Crippen LogP contribution in [0.4, 0.5) is 0 Å². The summed E-state index contributed by atoms with van der Waals surface area (Å²) in [7, 11) is 0. The van der Waals surface area contributed by atoms with E-state index in [1.165, 1.54) is 0 Å². The molecule has 1 aliphatic rings. The number of aryl methyl sites for hydroxylation is 2. The van der Waals surface area contributed by atoms with E-state index in [2.05, 4.69) is 15.1 Å². The van der Waals surface area contributed by atoms with Gasteiger partial charge >= 0.3 is 0 Å². The molecular weight excluding hydrogens is 326 g/mol. The first-order valence-corrected chi connectivity index (χ1v) is 9.15. The maximum Gasteiger partial charge on any atom is 0.254 e. The highest BCUT2D eigenvalue weighted by Crippen LogP contribution is 2.22. The summed E-state index contributed by atoms with van der Waals surface area (Å²) in [4.78, 5) is 24.3. The van der Waals surface area contributed by atoms with Crippen molar-refractivity contribution in [1.82, 2.24) is 24.6 Å². The Bertz CT molecular complexity index is 935. The van der Waals surface area contributed by atoms with Crippen LogP contribution in [0, 0.1) is 13.8 Å². The third kappa shape index (κ3) is 3.19. The summed E-state index contributed by atoms with van der Waals surface area (Å²) in [6.45, 7) is 5.43. The van der Waals surface area contributed by atoms with Crippen LogP contribution in [0.15, 0.2) is 36.7 Å². The second-order valence-electron chi connectivity index (χ2n) is 6.97. The van der Waals surface area contributed by atoms with E-state index in [0.29, 0.717) is 5.56 Å². The highest BCUT2D eigenvalue weighted by Gasteiger charge is 2.28. The van der Waals surface area contributed by atoms with Gasteiger partial charge in [-0.3, -0.25) is 9.48 Å². The summed E-state index contributed by atoms with van der Waals surface area (Å²) in [6, 6.07) is 7.73. The molecule has 1 fully saturated rings. The summed E-state index contributed by atoms with van der Waals surface area (Å²) >= 11 is 0. The van der Waals surface area contributed by atoms with Crippen molar-refractivity contribution in [2.45, 2.75) is 45.7 Å². The van der Waals surface area contributed by atoms with Gasteiger partial charge in [-0.2, -0.15) is 5.10 Å². The molecule has 1 atom stereocenters. The van der Waals surface area contributed by atoms with Gasteiger partial charge in [0.15, 0.2) is 0 Å². The molecule has 4 rings (SSSR count). The zero-order chi connectivity index (χ0) is 18.1. The van der Waals surface area contributed by atoms with Crippen LogP contribution in [-0.4, -0.2) is 43.1 Å². The molecule has 134 valence electrons. The normalized spacial score (nSPS) is 17.6. The number of nitrogens with zero attached hydrogens (tertiary/aromatic N) is 5. The lowest BCUT2D eigenvalue weighted by Gasteiger charge is -2.35. The molecule has 0 unspecified atom stereocenters. The number of aromatic nitrogens is 4. The molecule has 0 radical (unpaired) electrons. The van der Waals surface area contributed by atoms with E-state index in [1.807, 2.05) is 53.9 Å². The number of carbonyl (C=O) groups is 1. The van der Waals surface area contributed by atoms with E-state index in [-0.39, 0.29) is 11.9 Å². The summed E-state index contributed by atoms with van der Waals surface area (Å²) in [5.41, 5.74) is 4.11. The Kier molecular flexibility index (Phi) is 4.41. The lowest BCUT2D eigenvalue weighted by molar-refractivity contribution is 0.0584. The molecule has 0 N–H and O–H groups in total. The summed E-state index contributed by atoms with van der Waals surface area (Å²) in [6.07, 6.45) is 6.94. The van der Waals surface area contributed by atoms with Gasteiger partial charge in [0.2, 0.25) is 0 Å². The largest absolute Gasteiger partial charge is 0.334 e. The second kappa shape index (κ2) is 6.86. The average molecular weight is 349 g/mol. The maximum absolute atomic E-state index is 13.2. The van der Waals surface area contributed by atoms with Gasteiger partial charge in [0.05, 0.1) is 35.0 Å². The molecule has 6 heteroatoms. The van der Waals surface area contributed by atoms with Crippen molar-refractivity contribution in [3.63, 3.8) is 0 Å². The minimum Gasteiger partial charge on any atom is -0.334 e. The highest BCUT2D eigenvalue weighted by atomic mass is 16.2. The number of rotatable bonds is 3. The Hall–Kier alpha value is -2.76. The Morgan fingerprint density at radius 3 is 2.73 bits per heavy atom. The van der Waals surface area contributed by atoms with Crippen molar-refractivity contribution in [3.05, 3.63) is 53.6 Å². The van der Waals surface area contributed by atoms with Gasteiger partial charge in [0, 0.05) is 24.5 Å². The van der Waals surface area contributed by atoms with Crippen LogP contribution in [0.25, 0.3) is 11.0 Å². The lowest BCUT2D eigenvalue weighted by atomic mass is 10.0. The third-order valence-electron chi connectivity index (χ3n) is 5.17. The molecule has 0 spiro atoms. The van der Waals surface area contributed by atoms with Crippen molar-refractivity contribution >= 4 is 16.9 Å². The number of carbonyl (C=O) groups excluding carboxylic acids is 1. The fraction of sp³-hybridized carbons (Fsp3) is 0.400. The second-order valence-corrected chi connectivity index (χ2v) is 6.97. The molecule has 2 aromatic heterocycles. The van der Waals surface area contributed by atoms with E-state index in [0.717, 1.165) is 54.8 Å². The number of benzene rings is 1. The van der Waals surface area contributed by atoms with Crippen molar-refractivity contribution in [1.29, 1.82) is 0 Å². The summed E-state index contributed by atoms with van der Waals surface area (Å²) < 4.78 is 1.91. The molecule has 1 aromatic carbocycles.